The van der Waals surface area contributed by atoms with E-state index in [1.807, 2.05) is 60.8 Å². The highest BCUT2D eigenvalue weighted by atomic mass is 35.5. The van der Waals surface area contributed by atoms with Gasteiger partial charge in [0.25, 0.3) is 0 Å². The van der Waals surface area contributed by atoms with Gasteiger partial charge in [0.1, 0.15) is 6.04 Å². The van der Waals surface area contributed by atoms with Crippen LogP contribution in [0.5, 0.6) is 0 Å². The van der Waals surface area contributed by atoms with E-state index < -0.39 is 12.0 Å². The minimum atomic E-state index is -1.02. The lowest BCUT2D eigenvalue weighted by molar-refractivity contribution is -0.138. The molecule has 6 heteroatoms. The second kappa shape index (κ2) is 7.51. The maximum Gasteiger partial charge on any atom is 0.320 e. The summed E-state index contributed by atoms with van der Waals surface area (Å²) in [6.07, 6.45) is 2.08. The van der Waals surface area contributed by atoms with Gasteiger partial charge in [0.05, 0.1) is 12.2 Å². The lowest BCUT2D eigenvalue weighted by Crippen LogP contribution is -2.32. The maximum absolute atomic E-state index is 11.1. The van der Waals surface area contributed by atoms with Gasteiger partial charge in [-0.1, -0.05) is 54.1 Å². The molecule has 0 saturated carbocycles. The normalized spacial score (nSPS) is 12.1. The number of halogens is 1. The third-order valence-electron chi connectivity index (χ3n) is 3.90. The van der Waals surface area contributed by atoms with Crippen molar-refractivity contribution in [3.63, 3.8) is 0 Å². The van der Waals surface area contributed by atoms with Gasteiger partial charge >= 0.3 is 5.97 Å². The summed E-state index contributed by atoms with van der Waals surface area (Å²) in [5, 5.41) is 14.4. The van der Waals surface area contributed by atoms with Gasteiger partial charge in [0.2, 0.25) is 0 Å². The van der Waals surface area contributed by atoms with Crippen molar-refractivity contribution in [2.75, 3.05) is 0 Å². The predicted octanol–water partition coefficient (Wildman–Crippen LogP) is 3.21. The Morgan fingerprint density at radius 2 is 1.84 bits per heavy atom. The molecule has 0 fully saturated rings. The molecule has 128 valence electrons. The molecule has 1 atom stereocenters. The van der Waals surface area contributed by atoms with Crippen LogP contribution >= 0.6 is 11.6 Å². The first-order valence-electron chi connectivity index (χ1n) is 7.87. The van der Waals surface area contributed by atoms with Crippen LogP contribution in [0, 0.1) is 0 Å². The summed E-state index contributed by atoms with van der Waals surface area (Å²) in [6, 6.07) is 16.3. The molecule has 0 aliphatic rings. The standard InChI is InChI=1S/C19H18ClN3O2/c20-16-8-6-13(7-9-16)11-23-12-15(10-17(21)19(24)25)18(22-23)14-4-2-1-3-5-14/h1-9,12,17H,10-11,21H2,(H,24,25). The van der Waals surface area contributed by atoms with Crippen LogP contribution < -0.4 is 5.73 Å². The van der Waals surface area contributed by atoms with E-state index in [1.165, 1.54) is 0 Å². The summed E-state index contributed by atoms with van der Waals surface area (Å²) < 4.78 is 1.80. The molecule has 3 aromatic rings. The Labute approximate surface area is 150 Å². The third kappa shape index (κ3) is 4.26. The number of hydrogen-bond donors (Lipinski definition) is 2. The van der Waals surface area contributed by atoms with Gasteiger partial charge in [-0.25, -0.2) is 0 Å². The first-order chi connectivity index (χ1) is 12.0. The summed E-state index contributed by atoms with van der Waals surface area (Å²) in [4.78, 5) is 11.1. The van der Waals surface area contributed by atoms with Gasteiger partial charge in [-0.05, 0) is 17.7 Å². The third-order valence-corrected chi connectivity index (χ3v) is 4.15. The number of nitrogens with two attached hydrogens (primary N) is 1. The zero-order valence-electron chi connectivity index (χ0n) is 13.5. The molecular formula is C19H18ClN3O2. The molecule has 25 heavy (non-hydrogen) atoms. The molecular weight excluding hydrogens is 338 g/mol. The van der Waals surface area contributed by atoms with Gasteiger partial charge in [0, 0.05) is 28.8 Å². The molecule has 2 aromatic carbocycles. The van der Waals surface area contributed by atoms with Crippen LogP contribution in [-0.4, -0.2) is 26.9 Å². The molecule has 1 aromatic heterocycles. The van der Waals surface area contributed by atoms with E-state index in [4.69, 9.17) is 22.4 Å². The van der Waals surface area contributed by atoms with Crippen LogP contribution in [0.2, 0.25) is 5.02 Å². The zero-order valence-corrected chi connectivity index (χ0v) is 14.2. The number of benzene rings is 2. The number of hydrogen-bond acceptors (Lipinski definition) is 3. The van der Waals surface area contributed by atoms with Gasteiger partial charge < -0.3 is 10.8 Å². The maximum atomic E-state index is 11.1. The Kier molecular flexibility index (Phi) is 5.16. The smallest absolute Gasteiger partial charge is 0.320 e. The molecule has 1 unspecified atom stereocenters. The molecule has 1 heterocycles. The Balaban J connectivity index is 1.93. The molecule has 0 amide bonds. The molecule has 0 radical (unpaired) electrons. The van der Waals surface area contributed by atoms with Gasteiger partial charge in [-0.15, -0.1) is 0 Å². The molecule has 3 N–H and O–H groups in total. The Bertz CT molecular complexity index is 860. The minimum Gasteiger partial charge on any atom is -0.480 e. The fraction of sp³-hybridized carbons (Fsp3) is 0.158. The summed E-state index contributed by atoms with van der Waals surface area (Å²) >= 11 is 5.92. The second-order valence-corrected chi connectivity index (χ2v) is 6.28. The van der Waals surface area contributed by atoms with Crippen molar-refractivity contribution in [3.8, 4) is 11.3 Å². The molecule has 3 rings (SSSR count). The van der Waals surface area contributed by atoms with Crippen molar-refractivity contribution in [3.05, 3.63) is 76.9 Å². The van der Waals surface area contributed by atoms with Crippen LogP contribution in [0.4, 0.5) is 0 Å². The van der Waals surface area contributed by atoms with Gasteiger partial charge in [-0.3, -0.25) is 9.48 Å². The van der Waals surface area contributed by atoms with Crippen molar-refractivity contribution in [1.82, 2.24) is 9.78 Å². The van der Waals surface area contributed by atoms with Crippen molar-refractivity contribution < 1.29 is 9.90 Å². The first-order valence-corrected chi connectivity index (χ1v) is 8.25. The van der Waals surface area contributed by atoms with Crippen LogP contribution in [0.1, 0.15) is 11.1 Å². The summed E-state index contributed by atoms with van der Waals surface area (Å²) in [6.45, 7) is 0.569. The number of carboxylic acid groups (broad SMARTS) is 1. The summed E-state index contributed by atoms with van der Waals surface area (Å²) in [5.74, 6) is -1.02. The van der Waals surface area contributed by atoms with E-state index in [9.17, 15) is 4.79 Å². The average molecular weight is 356 g/mol. The Morgan fingerprint density at radius 3 is 2.48 bits per heavy atom. The Morgan fingerprint density at radius 1 is 1.16 bits per heavy atom. The van der Waals surface area contributed by atoms with Crippen molar-refractivity contribution >= 4 is 17.6 Å². The number of nitrogens with zero attached hydrogens (tertiary/aromatic N) is 2. The number of aliphatic carboxylic acids is 1. The van der Waals surface area contributed by atoms with Crippen LogP contribution in [-0.2, 0) is 17.8 Å². The monoisotopic (exact) mass is 355 g/mol. The molecule has 5 nitrogen and oxygen atoms in total. The molecule has 0 aliphatic heterocycles. The van der Waals surface area contributed by atoms with Crippen LogP contribution in [0.15, 0.2) is 60.8 Å². The number of aromatic nitrogens is 2. The SMILES string of the molecule is NC(Cc1cn(Cc2ccc(Cl)cc2)nc1-c1ccccc1)C(=O)O. The van der Waals surface area contributed by atoms with Crippen LogP contribution in [0.25, 0.3) is 11.3 Å². The van der Waals surface area contributed by atoms with E-state index in [-0.39, 0.29) is 6.42 Å². The van der Waals surface area contributed by atoms with E-state index in [0.717, 1.165) is 22.4 Å². The lowest BCUT2D eigenvalue weighted by atomic mass is 10.0. The molecule has 0 spiro atoms. The number of carbonyl (C=O) groups is 1. The fourth-order valence-corrected chi connectivity index (χ4v) is 2.76. The van der Waals surface area contributed by atoms with E-state index in [1.54, 1.807) is 4.68 Å². The lowest BCUT2D eigenvalue weighted by Gasteiger charge is -2.06. The van der Waals surface area contributed by atoms with E-state index in [2.05, 4.69) is 5.10 Å². The molecule has 0 bridgehead atoms. The van der Waals surface area contributed by atoms with Gasteiger partial charge in [-0.2, -0.15) is 5.10 Å². The van der Waals surface area contributed by atoms with Crippen molar-refractivity contribution in [2.24, 2.45) is 5.73 Å². The highest BCUT2D eigenvalue weighted by molar-refractivity contribution is 6.30. The first kappa shape index (κ1) is 17.2. The topological polar surface area (TPSA) is 81.1 Å². The quantitative estimate of drug-likeness (QED) is 0.711. The van der Waals surface area contributed by atoms with Crippen molar-refractivity contribution in [2.45, 2.75) is 19.0 Å². The van der Waals surface area contributed by atoms with Gasteiger partial charge in [0.15, 0.2) is 0 Å². The minimum absolute atomic E-state index is 0.222. The van der Waals surface area contributed by atoms with E-state index in [0.29, 0.717) is 11.6 Å². The summed E-state index contributed by atoms with van der Waals surface area (Å²) in [5.41, 5.74) is 9.28. The van der Waals surface area contributed by atoms with Crippen molar-refractivity contribution in [1.29, 1.82) is 0 Å². The highest BCUT2D eigenvalue weighted by Crippen LogP contribution is 2.23. The number of rotatable bonds is 6. The average Bonchev–Trinajstić information content (AvgIpc) is 3.00. The second-order valence-electron chi connectivity index (χ2n) is 5.84. The summed E-state index contributed by atoms with van der Waals surface area (Å²) in [7, 11) is 0. The van der Waals surface area contributed by atoms with E-state index >= 15 is 0 Å². The highest BCUT2D eigenvalue weighted by Gasteiger charge is 2.18. The van der Waals surface area contributed by atoms with Crippen LogP contribution in [0.3, 0.4) is 0 Å². The zero-order chi connectivity index (χ0) is 17.8. The fourth-order valence-electron chi connectivity index (χ4n) is 2.63. The number of carboxylic acids is 1. The Hall–Kier alpha value is -2.63. The molecule has 0 aliphatic carbocycles. The largest absolute Gasteiger partial charge is 0.480 e. The predicted molar refractivity (Wildman–Crippen MR) is 97.5 cm³/mol. The molecule has 0 saturated heterocycles.